The van der Waals surface area contributed by atoms with Crippen LogP contribution in [0.5, 0.6) is 0 Å². The van der Waals surface area contributed by atoms with Crippen LogP contribution in [-0.2, 0) is 20.9 Å². The van der Waals surface area contributed by atoms with E-state index >= 15 is 0 Å². The summed E-state index contributed by atoms with van der Waals surface area (Å²) in [5.41, 5.74) is 0.419. The van der Waals surface area contributed by atoms with E-state index in [9.17, 15) is 9.59 Å². The Balaban J connectivity index is 1.65. The quantitative estimate of drug-likeness (QED) is 0.850. The molecule has 1 aromatic rings. The van der Waals surface area contributed by atoms with Gasteiger partial charge in [0.05, 0.1) is 12.3 Å². The van der Waals surface area contributed by atoms with Crippen LogP contribution in [0.15, 0.2) is 24.5 Å². The van der Waals surface area contributed by atoms with Gasteiger partial charge in [-0.2, -0.15) is 0 Å². The number of nitrogens with zero attached hydrogens (tertiary/aromatic N) is 1. The molecule has 2 heterocycles. The molecule has 1 aliphatic heterocycles. The molecule has 5 nitrogen and oxygen atoms in total. The molecule has 1 atom stereocenters. The van der Waals surface area contributed by atoms with E-state index in [1.165, 1.54) is 0 Å². The lowest BCUT2D eigenvalue weighted by Crippen LogP contribution is -2.42. The molecular formula is C15H18N2O3. The lowest BCUT2D eigenvalue weighted by atomic mass is 9.85. The summed E-state index contributed by atoms with van der Waals surface area (Å²) in [6.07, 6.45) is 7.30. The first kappa shape index (κ1) is 13.1. The summed E-state index contributed by atoms with van der Waals surface area (Å²) in [5.74, 6) is -0.663. The largest absolute Gasteiger partial charge is 0.458 e. The molecule has 1 saturated carbocycles. The van der Waals surface area contributed by atoms with E-state index in [2.05, 4.69) is 10.3 Å². The molecule has 1 N–H and O–H groups in total. The molecule has 2 aliphatic rings. The minimum absolute atomic E-state index is 0.0818. The highest BCUT2D eigenvalue weighted by Crippen LogP contribution is 2.45. The molecule has 1 amide bonds. The van der Waals surface area contributed by atoms with Gasteiger partial charge >= 0.3 is 5.97 Å². The molecule has 1 spiro atoms. The zero-order valence-corrected chi connectivity index (χ0v) is 11.3. The van der Waals surface area contributed by atoms with E-state index in [0.717, 1.165) is 31.2 Å². The summed E-state index contributed by atoms with van der Waals surface area (Å²) in [7, 11) is 0. The summed E-state index contributed by atoms with van der Waals surface area (Å²) in [6, 6.07) is 3.75. The van der Waals surface area contributed by atoms with E-state index in [4.69, 9.17) is 4.74 Å². The van der Waals surface area contributed by atoms with Crippen molar-refractivity contribution in [2.24, 2.45) is 5.92 Å². The first-order valence-electron chi connectivity index (χ1n) is 7.08. The van der Waals surface area contributed by atoms with Crippen molar-refractivity contribution in [3.05, 3.63) is 30.1 Å². The minimum atomic E-state index is -0.532. The zero-order valence-electron chi connectivity index (χ0n) is 11.3. The third-order valence-corrected chi connectivity index (χ3v) is 4.28. The monoisotopic (exact) mass is 274 g/mol. The Morgan fingerprint density at radius 2 is 2.25 bits per heavy atom. The van der Waals surface area contributed by atoms with Crippen molar-refractivity contribution in [2.75, 3.05) is 0 Å². The predicted octanol–water partition coefficient (Wildman–Crippen LogP) is 1.57. The lowest BCUT2D eigenvalue weighted by molar-refractivity contribution is -0.149. The summed E-state index contributed by atoms with van der Waals surface area (Å²) in [4.78, 5) is 28.0. The number of ether oxygens (including phenoxy) is 1. The smallest absolute Gasteiger partial charge is 0.307 e. The van der Waals surface area contributed by atoms with Crippen LogP contribution in [0.2, 0.25) is 0 Å². The molecule has 1 unspecified atom stereocenters. The summed E-state index contributed by atoms with van der Waals surface area (Å²) in [5, 5.41) is 2.90. The fraction of sp³-hybridized carbons (Fsp3) is 0.533. The second kappa shape index (κ2) is 5.23. The molecule has 0 radical (unpaired) electrons. The van der Waals surface area contributed by atoms with Gasteiger partial charge in [0.15, 0.2) is 0 Å². The number of hydrogen-bond donors (Lipinski definition) is 1. The van der Waals surface area contributed by atoms with Crippen LogP contribution in [-0.4, -0.2) is 22.5 Å². The van der Waals surface area contributed by atoms with Crippen molar-refractivity contribution in [2.45, 2.75) is 44.2 Å². The molecule has 0 aromatic carbocycles. The van der Waals surface area contributed by atoms with Crippen LogP contribution >= 0.6 is 0 Å². The molecule has 0 bridgehead atoms. The standard InChI is InChI=1S/C15H18N2O3/c18-13-8-12(15(20-13)5-1-2-6-15)14(19)17-10-11-4-3-7-16-9-11/h3-4,7,9,12H,1-2,5-6,8,10H2,(H,17,19). The summed E-state index contributed by atoms with van der Waals surface area (Å²) < 4.78 is 5.48. The van der Waals surface area contributed by atoms with Gasteiger partial charge in [-0.25, -0.2) is 0 Å². The van der Waals surface area contributed by atoms with Crippen LogP contribution in [0.25, 0.3) is 0 Å². The number of esters is 1. The number of carbonyl (C=O) groups excluding carboxylic acids is 2. The third kappa shape index (κ3) is 2.40. The molecule has 20 heavy (non-hydrogen) atoms. The van der Waals surface area contributed by atoms with Gasteiger partial charge in [0, 0.05) is 18.9 Å². The minimum Gasteiger partial charge on any atom is -0.458 e. The van der Waals surface area contributed by atoms with Crippen LogP contribution < -0.4 is 5.32 Å². The van der Waals surface area contributed by atoms with E-state index < -0.39 is 5.60 Å². The Bertz CT molecular complexity index is 509. The number of carbonyl (C=O) groups is 2. The van der Waals surface area contributed by atoms with Crippen molar-refractivity contribution in [1.82, 2.24) is 10.3 Å². The number of hydrogen-bond acceptors (Lipinski definition) is 4. The number of rotatable bonds is 3. The average Bonchev–Trinajstić information content (AvgIpc) is 3.05. The maximum absolute atomic E-state index is 12.4. The Labute approximate surface area is 117 Å². The average molecular weight is 274 g/mol. The summed E-state index contributed by atoms with van der Waals surface area (Å²) >= 11 is 0. The lowest BCUT2D eigenvalue weighted by Gasteiger charge is -2.27. The van der Waals surface area contributed by atoms with Gasteiger partial charge in [-0.05, 0) is 37.3 Å². The Morgan fingerprint density at radius 1 is 1.45 bits per heavy atom. The third-order valence-electron chi connectivity index (χ3n) is 4.28. The van der Waals surface area contributed by atoms with Gasteiger partial charge in [0.25, 0.3) is 0 Å². The van der Waals surface area contributed by atoms with Gasteiger partial charge in [0.1, 0.15) is 5.60 Å². The van der Waals surface area contributed by atoms with Crippen LogP contribution in [0.3, 0.4) is 0 Å². The second-order valence-electron chi connectivity index (χ2n) is 5.58. The highest BCUT2D eigenvalue weighted by atomic mass is 16.6. The number of pyridine rings is 1. The van der Waals surface area contributed by atoms with Crippen molar-refractivity contribution in [3.63, 3.8) is 0 Å². The first-order valence-corrected chi connectivity index (χ1v) is 7.08. The Kier molecular flexibility index (Phi) is 3.42. The van der Waals surface area contributed by atoms with E-state index in [1.807, 2.05) is 12.1 Å². The van der Waals surface area contributed by atoms with E-state index in [1.54, 1.807) is 12.4 Å². The topological polar surface area (TPSA) is 68.3 Å². The van der Waals surface area contributed by atoms with Crippen molar-refractivity contribution in [3.8, 4) is 0 Å². The fourth-order valence-corrected chi connectivity index (χ4v) is 3.26. The molecule has 106 valence electrons. The zero-order chi connectivity index (χ0) is 14.0. The van der Waals surface area contributed by atoms with Gasteiger partial charge in [-0.1, -0.05) is 6.07 Å². The molecule has 3 rings (SSSR count). The summed E-state index contributed by atoms with van der Waals surface area (Å²) in [6.45, 7) is 0.438. The molecule has 1 aromatic heterocycles. The molecule has 5 heteroatoms. The van der Waals surface area contributed by atoms with Crippen molar-refractivity contribution >= 4 is 11.9 Å². The van der Waals surface area contributed by atoms with E-state index in [-0.39, 0.29) is 24.2 Å². The predicted molar refractivity (Wildman–Crippen MR) is 71.5 cm³/mol. The fourth-order valence-electron chi connectivity index (χ4n) is 3.26. The molecule has 1 aliphatic carbocycles. The van der Waals surface area contributed by atoms with E-state index in [0.29, 0.717) is 6.54 Å². The van der Waals surface area contributed by atoms with Crippen molar-refractivity contribution < 1.29 is 14.3 Å². The van der Waals surface area contributed by atoms with Crippen molar-refractivity contribution in [1.29, 1.82) is 0 Å². The van der Waals surface area contributed by atoms with Gasteiger partial charge < -0.3 is 10.1 Å². The SMILES string of the molecule is O=C1CC(C(=O)NCc2cccnc2)C2(CCCC2)O1. The van der Waals surface area contributed by atoms with Gasteiger partial charge in [-0.3, -0.25) is 14.6 Å². The highest BCUT2D eigenvalue weighted by molar-refractivity contribution is 5.87. The van der Waals surface area contributed by atoms with Crippen LogP contribution in [0.1, 0.15) is 37.7 Å². The van der Waals surface area contributed by atoms with Crippen LogP contribution in [0, 0.1) is 5.92 Å². The first-order chi connectivity index (χ1) is 9.70. The number of nitrogens with one attached hydrogen (secondary N) is 1. The number of aromatic nitrogens is 1. The Morgan fingerprint density at radius 3 is 2.95 bits per heavy atom. The van der Waals surface area contributed by atoms with Gasteiger partial charge in [0.2, 0.25) is 5.91 Å². The highest BCUT2D eigenvalue weighted by Gasteiger charge is 2.53. The molecule has 1 saturated heterocycles. The Hall–Kier alpha value is -1.91. The maximum Gasteiger partial charge on any atom is 0.307 e. The second-order valence-corrected chi connectivity index (χ2v) is 5.58. The molecular weight excluding hydrogens is 256 g/mol. The van der Waals surface area contributed by atoms with Gasteiger partial charge in [-0.15, -0.1) is 0 Å². The molecule has 2 fully saturated rings. The van der Waals surface area contributed by atoms with Crippen LogP contribution in [0.4, 0.5) is 0 Å². The maximum atomic E-state index is 12.4. The normalized spacial score (nSPS) is 23.8. The number of amides is 1.